The molecule has 1 aliphatic rings. The molecule has 0 radical (unpaired) electrons. The Kier molecular flexibility index (Phi) is 4.05. The van der Waals surface area contributed by atoms with Crippen LogP contribution in [0.25, 0.3) is 10.9 Å². The van der Waals surface area contributed by atoms with Crippen molar-refractivity contribution in [3.63, 3.8) is 0 Å². The summed E-state index contributed by atoms with van der Waals surface area (Å²) in [5.74, 6) is 0. The molecule has 1 aliphatic heterocycles. The third-order valence-corrected chi connectivity index (χ3v) is 3.93. The maximum Gasteiger partial charge on any atom is 0.0729 e. The number of nitrogens with zero attached hydrogens (tertiary/aromatic N) is 2. The molecule has 1 saturated heterocycles. The Morgan fingerprint density at radius 3 is 3.25 bits per heavy atom. The molecule has 0 aliphatic carbocycles. The predicted molar refractivity (Wildman–Crippen MR) is 80.9 cm³/mol. The molecule has 1 aromatic carbocycles. The van der Waals surface area contributed by atoms with Gasteiger partial charge in [-0.25, -0.2) is 0 Å². The van der Waals surface area contributed by atoms with Gasteiger partial charge in [0.15, 0.2) is 0 Å². The van der Waals surface area contributed by atoms with Crippen molar-refractivity contribution in [3.8, 4) is 0 Å². The number of hydrogen-bond donors (Lipinski definition) is 2. The van der Waals surface area contributed by atoms with Crippen LogP contribution in [0, 0.1) is 0 Å². The number of halogens is 1. The van der Waals surface area contributed by atoms with E-state index in [0.29, 0.717) is 11.6 Å². The maximum atomic E-state index is 9.88. The minimum Gasteiger partial charge on any atom is -0.391 e. The first-order chi connectivity index (χ1) is 9.74. The molecule has 0 amide bonds. The lowest BCUT2D eigenvalue weighted by Gasteiger charge is -2.26. The first-order valence-electron chi connectivity index (χ1n) is 6.93. The molecule has 4 nitrogen and oxygen atoms in total. The van der Waals surface area contributed by atoms with Gasteiger partial charge in [-0.05, 0) is 37.6 Å². The molecule has 0 unspecified atom stereocenters. The van der Waals surface area contributed by atoms with Crippen LogP contribution in [0.3, 0.4) is 0 Å². The number of rotatable bonds is 3. The summed E-state index contributed by atoms with van der Waals surface area (Å²) in [6, 6.07) is 5.81. The molecule has 0 saturated carbocycles. The summed E-state index contributed by atoms with van der Waals surface area (Å²) >= 11 is 6.02. The zero-order valence-electron chi connectivity index (χ0n) is 11.2. The smallest absolute Gasteiger partial charge is 0.0729 e. The molecule has 106 valence electrons. The fraction of sp³-hybridized carbons (Fsp3) is 0.400. The summed E-state index contributed by atoms with van der Waals surface area (Å²) in [6.07, 6.45) is 7.52. The Hall–Kier alpha value is -1.36. The van der Waals surface area contributed by atoms with Crippen LogP contribution in [0.1, 0.15) is 12.8 Å². The van der Waals surface area contributed by atoms with Crippen LogP contribution in [0.5, 0.6) is 0 Å². The fourth-order valence-corrected chi connectivity index (χ4v) is 2.75. The summed E-state index contributed by atoms with van der Waals surface area (Å²) in [5, 5.41) is 19.3. The Balaban J connectivity index is 1.71. The first-order valence-corrected chi connectivity index (χ1v) is 7.31. The Morgan fingerprint density at radius 2 is 2.40 bits per heavy atom. The van der Waals surface area contributed by atoms with Gasteiger partial charge in [0.25, 0.3) is 0 Å². The Bertz CT molecular complexity index is 623. The maximum absolute atomic E-state index is 9.88. The van der Waals surface area contributed by atoms with Crippen molar-refractivity contribution in [1.29, 1.82) is 0 Å². The van der Waals surface area contributed by atoms with E-state index in [1.165, 1.54) is 0 Å². The van der Waals surface area contributed by atoms with Crippen LogP contribution in [0.2, 0.25) is 5.02 Å². The van der Waals surface area contributed by atoms with Crippen LogP contribution in [0.15, 0.2) is 36.5 Å². The highest BCUT2D eigenvalue weighted by Crippen LogP contribution is 2.19. The highest BCUT2D eigenvalue weighted by Gasteiger charge is 2.19. The molecular formula is C15H18ClN3O. The number of aliphatic hydroxyl groups excluding tert-OH is 1. The fourth-order valence-electron chi connectivity index (χ4n) is 2.59. The SMILES string of the molecule is O[C@H]1CCCN[C@@H]1/C=C/Cn1ncc2ccc(Cl)cc21. The van der Waals surface area contributed by atoms with Gasteiger partial charge in [0, 0.05) is 10.4 Å². The average molecular weight is 292 g/mol. The molecule has 2 heterocycles. The van der Waals surface area contributed by atoms with E-state index in [-0.39, 0.29) is 12.1 Å². The molecular weight excluding hydrogens is 274 g/mol. The average Bonchev–Trinajstić information content (AvgIpc) is 2.83. The van der Waals surface area contributed by atoms with E-state index in [1.807, 2.05) is 41.2 Å². The molecule has 2 atom stereocenters. The zero-order valence-corrected chi connectivity index (χ0v) is 11.9. The first kappa shape index (κ1) is 13.6. The van der Waals surface area contributed by atoms with E-state index >= 15 is 0 Å². The van der Waals surface area contributed by atoms with Crippen molar-refractivity contribution in [3.05, 3.63) is 41.6 Å². The summed E-state index contributed by atoms with van der Waals surface area (Å²) in [4.78, 5) is 0. The molecule has 0 bridgehead atoms. The van der Waals surface area contributed by atoms with Gasteiger partial charge in [0.05, 0.1) is 30.4 Å². The molecule has 0 spiro atoms. The minimum absolute atomic E-state index is 0.0502. The van der Waals surface area contributed by atoms with Crippen molar-refractivity contribution in [2.75, 3.05) is 6.54 Å². The Labute approximate surface area is 123 Å². The molecule has 2 N–H and O–H groups in total. The van der Waals surface area contributed by atoms with Crippen molar-refractivity contribution in [1.82, 2.24) is 15.1 Å². The summed E-state index contributed by atoms with van der Waals surface area (Å²) < 4.78 is 1.91. The second kappa shape index (κ2) is 5.95. The van der Waals surface area contributed by atoms with Crippen LogP contribution in [0.4, 0.5) is 0 Å². The van der Waals surface area contributed by atoms with Gasteiger partial charge in [-0.3, -0.25) is 4.68 Å². The second-order valence-corrected chi connectivity index (χ2v) is 5.58. The van der Waals surface area contributed by atoms with Gasteiger partial charge in [0.1, 0.15) is 0 Å². The van der Waals surface area contributed by atoms with Gasteiger partial charge in [-0.1, -0.05) is 23.8 Å². The second-order valence-electron chi connectivity index (χ2n) is 5.15. The van der Waals surface area contributed by atoms with E-state index in [0.717, 1.165) is 30.3 Å². The van der Waals surface area contributed by atoms with E-state index < -0.39 is 0 Å². The molecule has 2 aromatic rings. The lowest BCUT2D eigenvalue weighted by atomic mass is 10.0. The van der Waals surface area contributed by atoms with Crippen molar-refractivity contribution >= 4 is 22.5 Å². The molecule has 5 heteroatoms. The third kappa shape index (κ3) is 2.87. The zero-order chi connectivity index (χ0) is 13.9. The van der Waals surface area contributed by atoms with E-state index in [1.54, 1.807) is 0 Å². The van der Waals surface area contributed by atoms with Crippen LogP contribution in [-0.2, 0) is 6.54 Å². The largest absolute Gasteiger partial charge is 0.391 e. The lowest BCUT2D eigenvalue weighted by Crippen LogP contribution is -2.43. The minimum atomic E-state index is -0.288. The van der Waals surface area contributed by atoms with Gasteiger partial charge in [-0.15, -0.1) is 0 Å². The molecule has 20 heavy (non-hydrogen) atoms. The highest BCUT2D eigenvalue weighted by atomic mass is 35.5. The third-order valence-electron chi connectivity index (χ3n) is 3.70. The number of nitrogens with one attached hydrogen (secondary N) is 1. The van der Waals surface area contributed by atoms with Gasteiger partial charge < -0.3 is 10.4 Å². The van der Waals surface area contributed by atoms with Crippen LogP contribution >= 0.6 is 11.6 Å². The van der Waals surface area contributed by atoms with Gasteiger partial charge in [-0.2, -0.15) is 5.10 Å². The van der Waals surface area contributed by atoms with E-state index in [9.17, 15) is 5.11 Å². The quantitative estimate of drug-likeness (QED) is 0.854. The monoisotopic (exact) mass is 291 g/mol. The Morgan fingerprint density at radius 1 is 1.50 bits per heavy atom. The molecule has 1 fully saturated rings. The molecule has 1 aromatic heterocycles. The number of hydrogen-bond acceptors (Lipinski definition) is 3. The number of fused-ring (bicyclic) bond motifs is 1. The van der Waals surface area contributed by atoms with Crippen LogP contribution < -0.4 is 5.32 Å². The predicted octanol–water partition coefficient (Wildman–Crippen LogP) is 2.36. The summed E-state index contributed by atoms with van der Waals surface area (Å²) in [5.41, 5.74) is 1.03. The number of aromatic nitrogens is 2. The van der Waals surface area contributed by atoms with Gasteiger partial charge in [0.2, 0.25) is 0 Å². The van der Waals surface area contributed by atoms with Crippen molar-refractivity contribution < 1.29 is 5.11 Å². The number of benzene rings is 1. The standard InChI is InChI=1S/C15H18ClN3O/c16-12-6-5-11-10-18-19(14(11)9-12)8-2-3-13-15(20)4-1-7-17-13/h2-3,5-6,9-10,13,15,17,20H,1,4,7-8H2/b3-2+/t13-,15+/m1/s1. The van der Waals surface area contributed by atoms with Crippen molar-refractivity contribution in [2.24, 2.45) is 0 Å². The van der Waals surface area contributed by atoms with Gasteiger partial charge >= 0.3 is 0 Å². The summed E-state index contributed by atoms with van der Waals surface area (Å²) in [6.45, 7) is 1.64. The van der Waals surface area contributed by atoms with Crippen LogP contribution in [-0.4, -0.2) is 33.6 Å². The van der Waals surface area contributed by atoms with E-state index in [4.69, 9.17) is 11.6 Å². The number of aliphatic hydroxyl groups is 1. The highest BCUT2D eigenvalue weighted by molar-refractivity contribution is 6.31. The molecule has 3 rings (SSSR count). The normalized spacial score (nSPS) is 23.7. The number of allylic oxidation sites excluding steroid dienone is 1. The topological polar surface area (TPSA) is 50.1 Å². The summed E-state index contributed by atoms with van der Waals surface area (Å²) in [7, 11) is 0. The van der Waals surface area contributed by atoms with Crippen molar-refractivity contribution in [2.45, 2.75) is 31.5 Å². The van der Waals surface area contributed by atoms with E-state index in [2.05, 4.69) is 10.4 Å². The lowest BCUT2D eigenvalue weighted by molar-refractivity contribution is 0.115. The number of piperidine rings is 1.